The van der Waals surface area contributed by atoms with E-state index >= 15 is 0 Å². The minimum Gasteiger partial charge on any atom is -0.497 e. The van der Waals surface area contributed by atoms with Gasteiger partial charge in [-0.3, -0.25) is 4.79 Å². The monoisotopic (exact) mass is 426 g/mol. The number of benzene rings is 2. The van der Waals surface area contributed by atoms with Crippen molar-refractivity contribution in [1.82, 2.24) is 14.5 Å². The van der Waals surface area contributed by atoms with Crippen molar-refractivity contribution in [3.8, 4) is 17.0 Å². The van der Waals surface area contributed by atoms with Crippen LogP contribution in [0.5, 0.6) is 5.75 Å². The van der Waals surface area contributed by atoms with Crippen LogP contribution in [0.3, 0.4) is 0 Å². The molecule has 0 N–H and O–H groups in total. The first-order valence-corrected chi connectivity index (χ1v) is 10.8. The van der Waals surface area contributed by atoms with Gasteiger partial charge in [-0.05, 0) is 35.9 Å². The predicted octanol–water partition coefficient (Wildman–Crippen LogP) is 4.21. The lowest BCUT2D eigenvalue weighted by atomic mass is 10.0. The molecule has 5 rings (SSSR count). The van der Waals surface area contributed by atoms with Crippen LogP contribution in [-0.2, 0) is 7.05 Å². The van der Waals surface area contributed by atoms with E-state index in [1.54, 1.807) is 7.11 Å². The first-order valence-electron chi connectivity index (χ1n) is 10.8. The summed E-state index contributed by atoms with van der Waals surface area (Å²) >= 11 is 0. The molecule has 0 saturated carbocycles. The van der Waals surface area contributed by atoms with Gasteiger partial charge in [0.1, 0.15) is 11.6 Å². The Morgan fingerprint density at radius 2 is 1.69 bits per heavy atom. The van der Waals surface area contributed by atoms with Crippen LogP contribution in [0.15, 0.2) is 72.9 Å². The molecule has 1 aliphatic rings. The highest BCUT2D eigenvalue weighted by Crippen LogP contribution is 2.36. The third-order valence-corrected chi connectivity index (χ3v) is 6.21. The summed E-state index contributed by atoms with van der Waals surface area (Å²) < 4.78 is 7.59. The Morgan fingerprint density at radius 3 is 2.38 bits per heavy atom. The molecule has 0 aliphatic carbocycles. The molecule has 0 spiro atoms. The predicted molar refractivity (Wildman–Crippen MR) is 127 cm³/mol. The fourth-order valence-corrected chi connectivity index (χ4v) is 4.54. The number of carbonyl (C=O) groups is 1. The van der Waals surface area contributed by atoms with Gasteiger partial charge < -0.3 is 19.1 Å². The molecule has 6 heteroatoms. The van der Waals surface area contributed by atoms with Crippen LogP contribution in [0.2, 0.25) is 0 Å². The number of piperazine rings is 1. The minimum absolute atomic E-state index is 0.0587. The fourth-order valence-electron chi connectivity index (χ4n) is 4.54. The molecule has 1 saturated heterocycles. The normalized spacial score (nSPS) is 14.1. The van der Waals surface area contributed by atoms with Gasteiger partial charge in [-0.15, -0.1) is 0 Å². The van der Waals surface area contributed by atoms with Crippen LogP contribution in [0.1, 0.15) is 10.4 Å². The van der Waals surface area contributed by atoms with E-state index in [0.29, 0.717) is 13.1 Å². The van der Waals surface area contributed by atoms with Gasteiger partial charge in [0.2, 0.25) is 0 Å². The number of pyridine rings is 1. The van der Waals surface area contributed by atoms with Crippen LogP contribution < -0.4 is 9.64 Å². The molecule has 2 aromatic carbocycles. The van der Waals surface area contributed by atoms with E-state index in [0.717, 1.165) is 52.4 Å². The number of hydrogen-bond donors (Lipinski definition) is 0. The first-order chi connectivity index (χ1) is 15.7. The second-order valence-corrected chi connectivity index (χ2v) is 8.00. The van der Waals surface area contributed by atoms with Crippen molar-refractivity contribution in [2.75, 3.05) is 38.2 Å². The van der Waals surface area contributed by atoms with E-state index in [2.05, 4.69) is 26.6 Å². The van der Waals surface area contributed by atoms with Gasteiger partial charge >= 0.3 is 0 Å². The van der Waals surface area contributed by atoms with Crippen LogP contribution in [-0.4, -0.2) is 53.6 Å². The SMILES string of the molecule is COc1ccc2c(c1)c(C(=O)N1CCN(c3ccccn3)CC1)c(-c1ccccc1)n2C. The highest BCUT2D eigenvalue weighted by Gasteiger charge is 2.29. The van der Waals surface area contributed by atoms with Gasteiger partial charge in [-0.2, -0.15) is 0 Å². The number of hydrogen-bond acceptors (Lipinski definition) is 4. The maximum absolute atomic E-state index is 13.9. The lowest BCUT2D eigenvalue weighted by Crippen LogP contribution is -2.49. The van der Waals surface area contributed by atoms with E-state index < -0.39 is 0 Å². The van der Waals surface area contributed by atoms with Crippen molar-refractivity contribution in [2.24, 2.45) is 7.05 Å². The zero-order valence-electron chi connectivity index (χ0n) is 18.4. The number of carbonyl (C=O) groups excluding carboxylic acids is 1. The molecule has 6 nitrogen and oxygen atoms in total. The quantitative estimate of drug-likeness (QED) is 0.491. The summed E-state index contributed by atoms with van der Waals surface area (Å²) in [6, 6.07) is 22.0. The lowest BCUT2D eigenvalue weighted by molar-refractivity contribution is 0.0749. The highest BCUT2D eigenvalue weighted by atomic mass is 16.5. The molecule has 0 atom stereocenters. The molecular formula is C26H26N4O2. The number of amides is 1. The number of rotatable bonds is 4. The highest BCUT2D eigenvalue weighted by molar-refractivity contribution is 6.13. The Kier molecular flexibility index (Phi) is 5.27. The zero-order chi connectivity index (χ0) is 22.1. The molecule has 0 radical (unpaired) electrons. The zero-order valence-corrected chi connectivity index (χ0v) is 18.4. The average molecular weight is 427 g/mol. The first kappa shape index (κ1) is 20.1. The second-order valence-electron chi connectivity index (χ2n) is 8.00. The number of methoxy groups -OCH3 is 1. The second kappa shape index (κ2) is 8.38. The van der Waals surface area contributed by atoms with Crippen molar-refractivity contribution in [2.45, 2.75) is 0 Å². The summed E-state index contributed by atoms with van der Waals surface area (Å²) in [5.74, 6) is 1.76. The minimum atomic E-state index is 0.0587. The van der Waals surface area contributed by atoms with Crippen LogP contribution in [0, 0.1) is 0 Å². The van der Waals surface area contributed by atoms with E-state index in [-0.39, 0.29) is 5.91 Å². The maximum atomic E-state index is 13.9. The Hall–Kier alpha value is -3.80. The van der Waals surface area contributed by atoms with Crippen molar-refractivity contribution in [1.29, 1.82) is 0 Å². The Balaban J connectivity index is 1.53. The number of aromatic nitrogens is 2. The molecule has 32 heavy (non-hydrogen) atoms. The summed E-state index contributed by atoms with van der Waals surface area (Å²) in [5.41, 5.74) is 3.71. The summed E-state index contributed by atoms with van der Waals surface area (Å²) in [7, 11) is 3.67. The molecule has 1 aliphatic heterocycles. The molecule has 3 heterocycles. The van der Waals surface area contributed by atoms with E-state index in [4.69, 9.17) is 4.74 Å². The fraction of sp³-hybridized carbons (Fsp3) is 0.231. The van der Waals surface area contributed by atoms with Crippen molar-refractivity contribution >= 4 is 22.6 Å². The average Bonchev–Trinajstić information content (AvgIpc) is 3.16. The maximum Gasteiger partial charge on any atom is 0.256 e. The van der Waals surface area contributed by atoms with Crippen LogP contribution in [0.4, 0.5) is 5.82 Å². The number of anilines is 1. The summed E-state index contributed by atoms with van der Waals surface area (Å²) in [4.78, 5) is 22.5. The van der Waals surface area contributed by atoms with Gasteiger partial charge in [0.15, 0.2) is 0 Å². The van der Waals surface area contributed by atoms with Gasteiger partial charge in [0.05, 0.1) is 18.4 Å². The van der Waals surface area contributed by atoms with E-state index in [1.807, 2.05) is 72.7 Å². The van der Waals surface area contributed by atoms with Crippen LogP contribution >= 0.6 is 0 Å². The standard InChI is InChI=1S/C26H26N4O2/c1-28-22-12-11-20(32-2)18-21(22)24(25(28)19-8-4-3-5-9-19)26(31)30-16-14-29(15-17-30)23-10-6-7-13-27-23/h3-13,18H,14-17H2,1-2H3. The summed E-state index contributed by atoms with van der Waals surface area (Å²) in [6.07, 6.45) is 1.81. The van der Waals surface area contributed by atoms with Crippen molar-refractivity contribution in [3.05, 3.63) is 78.5 Å². The third kappa shape index (κ3) is 3.47. The van der Waals surface area contributed by atoms with Gasteiger partial charge in [0, 0.05) is 50.3 Å². The summed E-state index contributed by atoms with van der Waals surface area (Å²) in [5, 5.41) is 0.919. The Morgan fingerprint density at radius 1 is 0.938 bits per heavy atom. The lowest BCUT2D eigenvalue weighted by Gasteiger charge is -2.35. The number of nitrogens with zero attached hydrogens (tertiary/aromatic N) is 4. The Bertz CT molecular complexity index is 1240. The molecular weight excluding hydrogens is 400 g/mol. The topological polar surface area (TPSA) is 50.6 Å². The largest absolute Gasteiger partial charge is 0.497 e. The third-order valence-electron chi connectivity index (χ3n) is 6.21. The van der Waals surface area contributed by atoms with E-state index in [9.17, 15) is 4.79 Å². The van der Waals surface area contributed by atoms with Crippen LogP contribution in [0.25, 0.3) is 22.2 Å². The molecule has 0 bridgehead atoms. The van der Waals surface area contributed by atoms with Gasteiger partial charge in [-0.25, -0.2) is 4.98 Å². The summed E-state index contributed by atoms with van der Waals surface area (Å²) in [6.45, 7) is 2.84. The molecule has 2 aromatic heterocycles. The van der Waals surface area contributed by atoms with E-state index in [1.165, 1.54) is 0 Å². The molecule has 4 aromatic rings. The molecule has 1 amide bonds. The smallest absolute Gasteiger partial charge is 0.256 e. The molecule has 1 fully saturated rings. The van der Waals surface area contributed by atoms with Gasteiger partial charge in [-0.1, -0.05) is 36.4 Å². The Labute approximate surface area is 187 Å². The number of ether oxygens (including phenoxy) is 1. The van der Waals surface area contributed by atoms with Crippen molar-refractivity contribution < 1.29 is 9.53 Å². The number of fused-ring (bicyclic) bond motifs is 1. The van der Waals surface area contributed by atoms with Crippen molar-refractivity contribution in [3.63, 3.8) is 0 Å². The molecule has 0 unspecified atom stereocenters. The molecule has 162 valence electrons. The number of aryl methyl sites for hydroxylation is 1. The van der Waals surface area contributed by atoms with Gasteiger partial charge in [0.25, 0.3) is 5.91 Å².